The summed E-state index contributed by atoms with van der Waals surface area (Å²) in [5.41, 5.74) is 1.09. The van der Waals surface area contributed by atoms with Crippen LogP contribution in [0.1, 0.15) is 31.5 Å². The normalized spacial score (nSPS) is 11.9. The van der Waals surface area contributed by atoms with E-state index in [9.17, 15) is 4.79 Å². The number of carboxylic acids is 1. The molecule has 0 bridgehead atoms. The van der Waals surface area contributed by atoms with E-state index in [-0.39, 0.29) is 5.92 Å². The van der Waals surface area contributed by atoms with E-state index in [1.54, 1.807) is 19.1 Å². The van der Waals surface area contributed by atoms with Gasteiger partial charge in [-0.3, -0.25) is 0 Å². The van der Waals surface area contributed by atoms with Crippen molar-refractivity contribution in [2.24, 2.45) is 5.92 Å². The summed E-state index contributed by atoms with van der Waals surface area (Å²) in [6, 6.07) is 4.63. The number of hydrogen-bond donors (Lipinski definition) is 2. The monoisotopic (exact) mass is 247 g/mol. The zero-order chi connectivity index (χ0) is 13.7. The number of nitrogens with one attached hydrogen (secondary N) is 1. The number of pyridine rings is 1. The number of hydrogen-bond acceptors (Lipinski definition) is 4. The highest BCUT2D eigenvalue weighted by atomic mass is 16.4. The Hall–Kier alpha value is -2.09. The summed E-state index contributed by atoms with van der Waals surface area (Å²) in [7, 11) is 0. The molecule has 0 spiro atoms. The molecule has 1 atom stereocenters. The minimum Gasteiger partial charge on any atom is -0.480 e. The Morgan fingerprint density at radius 1 is 1.56 bits per heavy atom. The topological polar surface area (TPSA) is 86.0 Å². The largest absolute Gasteiger partial charge is 0.480 e. The van der Waals surface area contributed by atoms with Crippen LogP contribution in [0.25, 0.3) is 0 Å². The maximum absolute atomic E-state index is 11.1. The van der Waals surface area contributed by atoms with E-state index in [2.05, 4.69) is 10.3 Å². The van der Waals surface area contributed by atoms with Crippen molar-refractivity contribution in [3.05, 3.63) is 23.4 Å². The molecular formula is C13H17N3O2. The molecule has 1 aromatic heterocycles. The van der Waals surface area contributed by atoms with Gasteiger partial charge in [-0.25, -0.2) is 9.78 Å². The molecule has 0 fully saturated rings. The van der Waals surface area contributed by atoms with Crippen molar-refractivity contribution in [3.63, 3.8) is 0 Å². The molecule has 2 N–H and O–H groups in total. The van der Waals surface area contributed by atoms with Gasteiger partial charge in [-0.05, 0) is 31.4 Å². The van der Waals surface area contributed by atoms with Crippen molar-refractivity contribution in [2.75, 3.05) is 5.32 Å². The molecule has 1 rings (SSSR count). The van der Waals surface area contributed by atoms with Crippen molar-refractivity contribution >= 4 is 11.8 Å². The van der Waals surface area contributed by atoms with E-state index in [4.69, 9.17) is 10.4 Å². The van der Waals surface area contributed by atoms with Gasteiger partial charge in [0.2, 0.25) is 0 Å². The van der Waals surface area contributed by atoms with E-state index >= 15 is 0 Å². The Bertz CT molecular complexity index is 478. The van der Waals surface area contributed by atoms with Crippen molar-refractivity contribution < 1.29 is 9.90 Å². The fourth-order valence-corrected chi connectivity index (χ4v) is 1.63. The second-order valence-electron chi connectivity index (χ2n) is 4.61. The molecule has 0 aromatic carbocycles. The lowest BCUT2D eigenvalue weighted by molar-refractivity contribution is -0.138. The molecule has 0 saturated heterocycles. The Balaban J connectivity index is 2.85. The Morgan fingerprint density at radius 2 is 2.22 bits per heavy atom. The van der Waals surface area contributed by atoms with Crippen LogP contribution in [0.2, 0.25) is 0 Å². The zero-order valence-corrected chi connectivity index (χ0v) is 10.8. The zero-order valence-electron chi connectivity index (χ0n) is 10.8. The van der Waals surface area contributed by atoms with Crippen LogP contribution in [0, 0.1) is 24.2 Å². The van der Waals surface area contributed by atoms with Crippen LogP contribution in [0.3, 0.4) is 0 Å². The van der Waals surface area contributed by atoms with Gasteiger partial charge in [0, 0.05) is 0 Å². The molecule has 0 radical (unpaired) electrons. The van der Waals surface area contributed by atoms with Crippen molar-refractivity contribution in [2.45, 2.75) is 33.2 Å². The van der Waals surface area contributed by atoms with Gasteiger partial charge in [-0.15, -0.1) is 0 Å². The lowest BCUT2D eigenvalue weighted by Gasteiger charge is -2.17. The van der Waals surface area contributed by atoms with E-state index in [0.29, 0.717) is 23.5 Å². The van der Waals surface area contributed by atoms with Gasteiger partial charge in [-0.1, -0.05) is 13.8 Å². The fourth-order valence-electron chi connectivity index (χ4n) is 1.63. The quantitative estimate of drug-likeness (QED) is 0.832. The van der Waals surface area contributed by atoms with Gasteiger partial charge in [-0.2, -0.15) is 5.26 Å². The molecule has 0 aliphatic heterocycles. The maximum Gasteiger partial charge on any atom is 0.326 e. The third-order valence-corrected chi connectivity index (χ3v) is 2.53. The third-order valence-electron chi connectivity index (χ3n) is 2.53. The number of carboxylic acid groups (broad SMARTS) is 1. The minimum atomic E-state index is -0.896. The molecule has 0 amide bonds. The minimum absolute atomic E-state index is 0.276. The number of aryl methyl sites for hydroxylation is 1. The molecule has 1 aromatic rings. The van der Waals surface area contributed by atoms with E-state index < -0.39 is 12.0 Å². The van der Waals surface area contributed by atoms with Crippen molar-refractivity contribution in [1.82, 2.24) is 4.98 Å². The lowest BCUT2D eigenvalue weighted by Crippen LogP contribution is -2.31. The molecule has 0 saturated carbocycles. The average molecular weight is 247 g/mol. The maximum atomic E-state index is 11.1. The van der Waals surface area contributed by atoms with Gasteiger partial charge < -0.3 is 10.4 Å². The molecule has 96 valence electrons. The van der Waals surface area contributed by atoms with Gasteiger partial charge in [0.15, 0.2) is 0 Å². The molecule has 18 heavy (non-hydrogen) atoms. The lowest BCUT2D eigenvalue weighted by atomic mass is 10.0. The van der Waals surface area contributed by atoms with Crippen molar-refractivity contribution in [1.29, 1.82) is 5.26 Å². The van der Waals surface area contributed by atoms with Crippen molar-refractivity contribution in [3.8, 4) is 6.07 Å². The van der Waals surface area contributed by atoms with E-state index in [1.807, 2.05) is 19.9 Å². The first-order valence-electron chi connectivity index (χ1n) is 5.81. The van der Waals surface area contributed by atoms with Crippen LogP contribution in [-0.4, -0.2) is 22.1 Å². The van der Waals surface area contributed by atoms with E-state index in [0.717, 1.165) is 0 Å². The van der Waals surface area contributed by atoms with E-state index in [1.165, 1.54) is 0 Å². The third kappa shape index (κ3) is 3.74. The summed E-state index contributed by atoms with van der Waals surface area (Å²) in [5, 5.41) is 20.8. The number of rotatable bonds is 5. The Labute approximate surface area is 106 Å². The summed E-state index contributed by atoms with van der Waals surface area (Å²) >= 11 is 0. The number of aromatic nitrogens is 1. The smallest absolute Gasteiger partial charge is 0.326 e. The first-order valence-corrected chi connectivity index (χ1v) is 5.81. The van der Waals surface area contributed by atoms with Crippen LogP contribution < -0.4 is 5.32 Å². The van der Waals surface area contributed by atoms with Crippen LogP contribution in [0.5, 0.6) is 0 Å². The summed E-state index contributed by atoms with van der Waals surface area (Å²) in [4.78, 5) is 15.3. The Kier molecular flexibility index (Phi) is 4.67. The average Bonchev–Trinajstić information content (AvgIpc) is 2.27. The Morgan fingerprint density at radius 3 is 2.67 bits per heavy atom. The number of aliphatic carboxylic acids is 1. The number of nitriles is 1. The summed E-state index contributed by atoms with van der Waals surface area (Å²) in [5.74, 6) is -0.134. The first kappa shape index (κ1) is 14.0. The highest BCUT2D eigenvalue weighted by molar-refractivity contribution is 5.76. The predicted octanol–water partition coefficient (Wildman–Crippen LogP) is 2.17. The van der Waals surface area contributed by atoms with Crippen LogP contribution in [-0.2, 0) is 4.79 Å². The first-order chi connectivity index (χ1) is 8.43. The molecular weight excluding hydrogens is 230 g/mol. The molecule has 1 unspecified atom stereocenters. The summed E-state index contributed by atoms with van der Waals surface area (Å²) in [6.45, 7) is 5.66. The van der Waals surface area contributed by atoms with Crippen LogP contribution in [0.4, 0.5) is 5.82 Å². The van der Waals surface area contributed by atoms with Gasteiger partial charge >= 0.3 is 5.97 Å². The highest BCUT2D eigenvalue weighted by Gasteiger charge is 2.19. The number of anilines is 1. The summed E-state index contributed by atoms with van der Waals surface area (Å²) in [6.07, 6.45) is 0.524. The second-order valence-corrected chi connectivity index (χ2v) is 4.61. The standard InChI is InChI=1S/C13H17N3O2/c1-8(2)6-11(13(17)18)16-12-5-4-10(7-14)9(3)15-12/h4-5,8,11H,6H2,1-3H3,(H,15,16)(H,17,18). The van der Waals surface area contributed by atoms with Gasteiger partial charge in [0.1, 0.15) is 17.9 Å². The van der Waals surface area contributed by atoms with Gasteiger partial charge in [0.25, 0.3) is 0 Å². The molecule has 1 heterocycles. The highest BCUT2D eigenvalue weighted by Crippen LogP contribution is 2.14. The molecule has 0 aliphatic rings. The summed E-state index contributed by atoms with van der Waals surface area (Å²) < 4.78 is 0. The predicted molar refractivity (Wildman–Crippen MR) is 68.2 cm³/mol. The van der Waals surface area contributed by atoms with Gasteiger partial charge in [0.05, 0.1) is 11.3 Å². The fraction of sp³-hybridized carbons (Fsp3) is 0.462. The molecule has 5 heteroatoms. The molecule has 0 aliphatic carbocycles. The molecule has 5 nitrogen and oxygen atoms in total. The number of nitrogens with zero attached hydrogens (tertiary/aromatic N) is 2. The van der Waals surface area contributed by atoms with Crippen LogP contribution >= 0.6 is 0 Å². The number of carbonyl (C=O) groups is 1. The van der Waals surface area contributed by atoms with Crippen LogP contribution in [0.15, 0.2) is 12.1 Å². The second kappa shape index (κ2) is 6.01. The SMILES string of the molecule is Cc1nc(NC(CC(C)C)C(=O)O)ccc1C#N.